The molecule has 1 aliphatic heterocycles. The van der Waals surface area contributed by atoms with Crippen LogP contribution >= 0.6 is 0 Å². The Labute approximate surface area is 122 Å². The summed E-state index contributed by atoms with van der Waals surface area (Å²) < 4.78 is 7.10. The van der Waals surface area contributed by atoms with Gasteiger partial charge in [-0.1, -0.05) is 11.6 Å². The molecule has 0 aliphatic carbocycles. The summed E-state index contributed by atoms with van der Waals surface area (Å²) in [5.74, 6) is 1.75. The van der Waals surface area contributed by atoms with E-state index in [-0.39, 0.29) is 17.7 Å². The third kappa shape index (κ3) is 2.81. The Hall–Kier alpha value is -2.18. The van der Waals surface area contributed by atoms with E-state index in [1.165, 1.54) is 6.42 Å². The van der Waals surface area contributed by atoms with Crippen LogP contribution in [0.1, 0.15) is 60.1 Å². The molecule has 0 spiro atoms. The molecule has 7 nitrogen and oxygen atoms in total. The maximum atomic E-state index is 12.1. The third-order valence-electron chi connectivity index (χ3n) is 3.72. The van der Waals surface area contributed by atoms with E-state index in [1.807, 2.05) is 6.92 Å². The molecule has 21 heavy (non-hydrogen) atoms. The Morgan fingerprint density at radius 2 is 2.24 bits per heavy atom. The number of carbonyl (C=O) groups excluding carboxylic acids is 1. The van der Waals surface area contributed by atoms with Crippen LogP contribution in [-0.4, -0.2) is 25.8 Å². The lowest BCUT2D eigenvalue weighted by molar-refractivity contribution is 0.0900. The predicted molar refractivity (Wildman–Crippen MR) is 74.7 cm³/mol. The standard InChI is InChI=1S/C14H19N5O2/c1-9-8-11(21-18-9)14(20)15-10(2)13-17-16-12-6-4-3-5-7-19(12)13/h8,10H,3-7H2,1-2H3,(H,15,20)/t10-/m0/s1. The minimum absolute atomic E-state index is 0.218. The molecule has 3 heterocycles. The topological polar surface area (TPSA) is 85.8 Å². The molecule has 0 bridgehead atoms. The van der Waals surface area contributed by atoms with Gasteiger partial charge in [-0.25, -0.2) is 0 Å². The first kappa shape index (κ1) is 13.8. The van der Waals surface area contributed by atoms with Gasteiger partial charge in [0.15, 0.2) is 5.82 Å². The number of amides is 1. The normalized spacial score (nSPS) is 16.1. The molecule has 0 radical (unpaired) electrons. The number of hydrogen-bond acceptors (Lipinski definition) is 5. The Balaban J connectivity index is 1.75. The molecule has 7 heteroatoms. The van der Waals surface area contributed by atoms with Crippen molar-refractivity contribution in [2.24, 2.45) is 0 Å². The van der Waals surface area contributed by atoms with Crippen LogP contribution in [0.25, 0.3) is 0 Å². The van der Waals surface area contributed by atoms with Gasteiger partial charge in [0.2, 0.25) is 5.76 Å². The van der Waals surface area contributed by atoms with Gasteiger partial charge in [-0.05, 0) is 26.7 Å². The molecule has 0 fully saturated rings. The average Bonchev–Trinajstić information content (AvgIpc) is 2.99. The summed E-state index contributed by atoms with van der Waals surface area (Å²) in [6, 6.07) is 1.40. The molecule has 2 aromatic rings. The number of hydrogen-bond donors (Lipinski definition) is 1. The van der Waals surface area contributed by atoms with Crippen LogP contribution in [0, 0.1) is 6.92 Å². The summed E-state index contributed by atoms with van der Waals surface area (Å²) in [6.45, 7) is 4.60. The lowest BCUT2D eigenvalue weighted by Gasteiger charge is -2.14. The largest absolute Gasteiger partial charge is 0.351 e. The Morgan fingerprint density at radius 3 is 3.00 bits per heavy atom. The molecular weight excluding hydrogens is 270 g/mol. The molecule has 1 N–H and O–H groups in total. The van der Waals surface area contributed by atoms with E-state index in [0.717, 1.165) is 37.5 Å². The summed E-state index contributed by atoms with van der Waals surface area (Å²) in [5, 5.41) is 15.1. The Kier molecular flexibility index (Phi) is 3.72. The van der Waals surface area contributed by atoms with Gasteiger partial charge in [0.25, 0.3) is 5.91 Å². The van der Waals surface area contributed by atoms with E-state index >= 15 is 0 Å². The zero-order valence-electron chi connectivity index (χ0n) is 12.3. The number of nitrogens with one attached hydrogen (secondary N) is 1. The van der Waals surface area contributed by atoms with Gasteiger partial charge in [0.05, 0.1) is 11.7 Å². The van der Waals surface area contributed by atoms with E-state index in [9.17, 15) is 4.79 Å². The first-order valence-electron chi connectivity index (χ1n) is 7.31. The SMILES string of the molecule is Cc1cc(C(=O)N[C@@H](C)c2nnc3n2CCCCC3)on1. The van der Waals surface area contributed by atoms with Gasteiger partial charge < -0.3 is 14.4 Å². The highest BCUT2D eigenvalue weighted by atomic mass is 16.5. The van der Waals surface area contributed by atoms with E-state index in [0.29, 0.717) is 5.69 Å². The molecule has 0 aromatic carbocycles. The highest BCUT2D eigenvalue weighted by Gasteiger charge is 2.22. The quantitative estimate of drug-likeness (QED) is 0.931. The van der Waals surface area contributed by atoms with Crippen LogP contribution in [0.5, 0.6) is 0 Å². The third-order valence-corrected chi connectivity index (χ3v) is 3.72. The maximum Gasteiger partial charge on any atom is 0.290 e. The van der Waals surface area contributed by atoms with Gasteiger partial charge in [0, 0.05) is 19.0 Å². The molecule has 3 rings (SSSR count). The van der Waals surface area contributed by atoms with Crippen molar-refractivity contribution in [3.05, 3.63) is 29.2 Å². The van der Waals surface area contributed by atoms with Crippen LogP contribution in [0.3, 0.4) is 0 Å². The second kappa shape index (κ2) is 5.67. The minimum Gasteiger partial charge on any atom is -0.351 e. The van der Waals surface area contributed by atoms with Crippen molar-refractivity contribution < 1.29 is 9.32 Å². The lowest BCUT2D eigenvalue weighted by Crippen LogP contribution is -2.28. The fourth-order valence-corrected chi connectivity index (χ4v) is 2.63. The van der Waals surface area contributed by atoms with Gasteiger partial charge in [-0.15, -0.1) is 10.2 Å². The van der Waals surface area contributed by atoms with E-state index in [2.05, 4.69) is 25.2 Å². The summed E-state index contributed by atoms with van der Waals surface area (Å²) in [5.41, 5.74) is 0.684. The van der Waals surface area contributed by atoms with Crippen molar-refractivity contribution in [3.8, 4) is 0 Å². The van der Waals surface area contributed by atoms with Gasteiger partial charge >= 0.3 is 0 Å². The van der Waals surface area contributed by atoms with Crippen molar-refractivity contribution in [2.45, 2.75) is 52.1 Å². The molecule has 0 saturated carbocycles. The number of nitrogens with zero attached hydrogens (tertiary/aromatic N) is 4. The molecule has 1 atom stereocenters. The molecule has 2 aromatic heterocycles. The van der Waals surface area contributed by atoms with E-state index < -0.39 is 0 Å². The Morgan fingerprint density at radius 1 is 1.38 bits per heavy atom. The number of carbonyl (C=O) groups is 1. The van der Waals surface area contributed by atoms with Crippen LogP contribution in [0.2, 0.25) is 0 Å². The first-order chi connectivity index (χ1) is 10.1. The summed E-state index contributed by atoms with van der Waals surface area (Å²) >= 11 is 0. The minimum atomic E-state index is -0.283. The molecule has 1 amide bonds. The zero-order valence-corrected chi connectivity index (χ0v) is 12.3. The molecule has 0 unspecified atom stereocenters. The van der Waals surface area contributed by atoms with Crippen molar-refractivity contribution in [1.82, 2.24) is 25.2 Å². The second-order valence-electron chi connectivity index (χ2n) is 5.46. The van der Waals surface area contributed by atoms with Crippen LogP contribution in [0.15, 0.2) is 10.6 Å². The average molecular weight is 289 g/mol. The van der Waals surface area contributed by atoms with E-state index in [4.69, 9.17) is 4.52 Å². The van der Waals surface area contributed by atoms with Gasteiger partial charge in [-0.3, -0.25) is 4.79 Å². The summed E-state index contributed by atoms with van der Waals surface area (Å²) in [6.07, 6.45) is 4.44. The monoisotopic (exact) mass is 289 g/mol. The molecule has 112 valence electrons. The van der Waals surface area contributed by atoms with E-state index in [1.54, 1.807) is 13.0 Å². The zero-order chi connectivity index (χ0) is 14.8. The van der Waals surface area contributed by atoms with Gasteiger partial charge in [-0.2, -0.15) is 0 Å². The van der Waals surface area contributed by atoms with Crippen LogP contribution in [0.4, 0.5) is 0 Å². The van der Waals surface area contributed by atoms with Crippen molar-refractivity contribution in [3.63, 3.8) is 0 Å². The number of fused-ring (bicyclic) bond motifs is 1. The molecule has 1 aliphatic rings. The van der Waals surface area contributed by atoms with Crippen molar-refractivity contribution >= 4 is 5.91 Å². The van der Waals surface area contributed by atoms with Crippen molar-refractivity contribution in [1.29, 1.82) is 0 Å². The molecular formula is C14H19N5O2. The smallest absolute Gasteiger partial charge is 0.290 e. The number of aryl methyl sites for hydroxylation is 2. The first-order valence-corrected chi connectivity index (χ1v) is 7.31. The second-order valence-corrected chi connectivity index (χ2v) is 5.46. The summed E-state index contributed by atoms with van der Waals surface area (Å²) in [4.78, 5) is 12.1. The lowest BCUT2D eigenvalue weighted by atomic mass is 10.2. The maximum absolute atomic E-state index is 12.1. The number of rotatable bonds is 3. The fraction of sp³-hybridized carbons (Fsp3) is 0.571. The predicted octanol–water partition coefficient (Wildman–Crippen LogP) is 1.79. The van der Waals surface area contributed by atoms with Gasteiger partial charge in [0.1, 0.15) is 5.82 Å². The summed E-state index contributed by atoms with van der Waals surface area (Å²) in [7, 11) is 0. The van der Waals surface area contributed by atoms with Crippen LogP contribution < -0.4 is 5.32 Å². The highest BCUT2D eigenvalue weighted by Crippen LogP contribution is 2.19. The fourth-order valence-electron chi connectivity index (χ4n) is 2.63. The number of aromatic nitrogens is 4. The molecule has 0 saturated heterocycles. The Bertz CT molecular complexity index is 646. The van der Waals surface area contributed by atoms with Crippen LogP contribution in [-0.2, 0) is 13.0 Å². The highest BCUT2D eigenvalue weighted by molar-refractivity contribution is 5.91. The van der Waals surface area contributed by atoms with Crippen molar-refractivity contribution in [2.75, 3.05) is 0 Å².